The molecule has 1 amide bonds. The van der Waals surface area contributed by atoms with Crippen LogP contribution in [-0.4, -0.2) is 18.5 Å². The zero-order chi connectivity index (χ0) is 13.5. The molecule has 1 aliphatic rings. The van der Waals surface area contributed by atoms with Crippen LogP contribution in [-0.2, 0) is 0 Å². The van der Waals surface area contributed by atoms with Crippen LogP contribution < -0.4 is 10.6 Å². The standard InChI is InChI=1S/C16H24N2O/c1-2-17-14-11-9-13(10-12-14)16(19)18-15-7-5-3-4-6-8-15/h9-12,15,17H,2-8H2,1H3,(H,18,19). The number of anilines is 1. The van der Waals surface area contributed by atoms with Gasteiger partial charge in [-0.15, -0.1) is 0 Å². The van der Waals surface area contributed by atoms with Crippen molar-refractivity contribution in [3.05, 3.63) is 29.8 Å². The van der Waals surface area contributed by atoms with E-state index < -0.39 is 0 Å². The number of carbonyl (C=O) groups is 1. The van der Waals surface area contributed by atoms with Gasteiger partial charge in [0.1, 0.15) is 0 Å². The van der Waals surface area contributed by atoms with Gasteiger partial charge in [0, 0.05) is 23.8 Å². The summed E-state index contributed by atoms with van der Waals surface area (Å²) in [5.74, 6) is 0.0648. The number of carbonyl (C=O) groups excluding carboxylic acids is 1. The molecule has 3 nitrogen and oxygen atoms in total. The average Bonchev–Trinajstić information content (AvgIpc) is 2.68. The van der Waals surface area contributed by atoms with Crippen LogP contribution in [0.4, 0.5) is 5.69 Å². The van der Waals surface area contributed by atoms with E-state index in [0.29, 0.717) is 6.04 Å². The Labute approximate surface area is 115 Å². The molecule has 1 saturated carbocycles. The molecule has 0 spiro atoms. The van der Waals surface area contributed by atoms with Gasteiger partial charge in [-0.25, -0.2) is 0 Å². The first-order chi connectivity index (χ1) is 9.29. The van der Waals surface area contributed by atoms with Crippen LogP contribution in [0.25, 0.3) is 0 Å². The van der Waals surface area contributed by atoms with E-state index in [0.717, 1.165) is 30.6 Å². The molecule has 19 heavy (non-hydrogen) atoms. The number of hydrogen-bond donors (Lipinski definition) is 2. The predicted molar refractivity (Wildman–Crippen MR) is 79.6 cm³/mol. The van der Waals surface area contributed by atoms with Gasteiger partial charge in [0.15, 0.2) is 0 Å². The van der Waals surface area contributed by atoms with Crippen LogP contribution in [0.2, 0.25) is 0 Å². The lowest BCUT2D eigenvalue weighted by Crippen LogP contribution is -2.34. The molecule has 1 aromatic carbocycles. The van der Waals surface area contributed by atoms with Gasteiger partial charge in [-0.05, 0) is 44.0 Å². The van der Waals surface area contributed by atoms with Crippen molar-refractivity contribution >= 4 is 11.6 Å². The third-order valence-electron chi connectivity index (χ3n) is 3.72. The van der Waals surface area contributed by atoms with Crippen molar-refractivity contribution in [3.63, 3.8) is 0 Å². The second-order valence-electron chi connectivity index (χ2n) is 5.27. The highest BCUT2D eigenvalue weighted by Crippen LogP contribution is 2.18. The smallest absolute Gasteiger partial charge is 0.251 e. The van der Waals surface area contributed by atoms with Gasteiger partial charge in [0.25, 0.3) is 5.91 Å². The molecule has 2 N–H and O–H groups in total. The fourth-order valence-electron chi connectivity index (χ4n) is 2.64. The lowest BCUT2D eigenvalue weighted by molar-refractivity contribution is 0.0933. The highest BCUT2D eigenvalue weighted by Gasteiger charge is 2.15. The van der Waals surface area contributed by atoms with Crippen molar-refractivity contribution in [2.24, 2.45) is 0 Å². The molecule has 0 aliphatic heterocycles. The van der Waals surface area contributed by atoms with Crippen molar-refractivity contribution in [1.29, 1.82) is 0 Å². The Bertz CT molecular complexity index is 392. The fraction of sp³-hybridized carbons (Fsp3) is 0.562. The van der Waals surface area contributed by atoms with Crippen molar-refractivity contribution in [2.45, 2.75) is 51.5 Å². The minimum Gasteiger partial charge on any atom is -0.385 e. The Kier molecular flexibility index (Phi) is 5.25. The molecule has 0 bridgehead atoms. The van der Waals surface area contributed by atoms with Gasteiger partial charge >= 0.3 is 0 Å². The Morgan fingerprint density at radius 2 is 1.74 bits per heavy atom. The molecule has 2 rings (SSSR count). The van der Waals surface area contributed by atoms with E-state index in [-0.39, 0.29) is 5.91 Å². The van der Waals surface area contributed by atoms with E-state index in [1.54, 1.807) is 0 Å². The summed E-state index contributed by atoms with van der Waals surface area (Å²) in [6, 6.07) is 8.08. The van der Waals surface area contributed by atoms with Crippen molar-refractivity contribution in [2.75, 3.05) is 11.9 Å². The molecule has 104 valence electrons. The third-order valence-corrected chi connectivity index (χ3v) is 3.72. The minimum absolute atomic E-state index is 0.0648. The lowest BCUT2D eigenvalue weighted by Gasteiger charge is -2.16. The largest absolute Gasteiger partial charge is 0.385 e. The topological polar surface area (TPSA) is 41.1 Å². The quantitative estimate of drug-likeness (QED) is 0.813. The maximum absolute atomic E-state index is 12.2. The summed E-state index contributed by atoms with van der Waals surface area (Å²) in [5.41, 5.74) is 1.82. The predicted octanol–water partition coefficient (Wildman–Crippen LogP) is 3.57. The van der Waals surface area contributed by atoms with E-state index in [1.165, 1.54) is 25.7 Å². The second kappa shape index (κ2) is 7.17. The summed E-state index contributed by atoms with van der Waals surface area (Å²) in [6.45, 7) is 2.96. The van der Waals surface area contributed by atoms with Crippen LogP contribution >= 0.6 is 0 Å². The molecule has 0 unspecified atom stereocenters. The summed E-state index contributed by atoms with van der Waals surface area (Å²) < 4.78 is 0. The monoisotopic (exact) mass is 260 g/mol. The van der Waals surface area contributed by atoms with Gasteiger partial charge in [0.05, 0.1) is 0 Å². The molecule has 0 saturated heterocycles. The molecule has 0 heterocycles. The van der Waals surface area contributed by atoms with E-state index in [1.807, 2.05) is 24.3 Å². The Morgan fingerprint density at radius 3 is 2.32 bits per heavy atom. The third kappa shape index (κ3) is 4.27. The second-order valence-corrected chi connectivity index (χ2v) is 5.27. The summed E-state index contributed by atoms with van der Waals surface area (Å²) in [6.07, 6.45) is 7.35. The molecule has 3 heteroatoms. The number of amides is 1. The van der Waals surface area contributed by atoms with Crippen LogP contribution in [0.15, 0.2) is 24.3 Å². The number of benzene rings is 1. The molecular weight excluding hydrogens is 236 g/mol. The first kappa shape index (κ1) is 13.9. The zero-order valence-corrected chi connectivity index (χ0v) is 11.7. The molecule has 0 aromatic heterocycles. The maximum atomic E-state index is 12.2. The summed E-state index contributed by atoms with van der Waals surface area (Å²) in [7, 11) is 0. The Morgan fingerprint density at radius 1 is 1.11 bits per heavy atom. The van der Waals surface area contributed by atoms with E-state index in [9.17, 15) is 4.79 Å². The molecule has 1 aliphatic carbocycles. The summed E-state index contributed by atoms with van der Waals surface area (Å²) >= 11 is 0. The van der Waals surface area contributed by atoms with Crippen LogP contribution in [0.5, 0.6) is 0 Å². The van der Waals surface area contributed by atoms with E-state index >= 15 is 0 Å². The Balaban J connectivity index is 1.91. The van der Waals surface area contributed by atoms with Crippen LogP contribution in [0.3, 0.4) is 0 Å². The number of rotatable bonds is 4. The Hall–Kier alpha value is -1.51. The summed E-state index contributed by atoms with van der Waals surface area (Å²) in [5, 5.41) is 6.40. The minimum atomic E-state index is 0.0648. The summed E-state index contributed by atoms with van der Waals surface area (Å²) in [4.78, 5) is 12.2. The first-order valence-electron chi connectivity index (χ1n) is 7.44. The molecular formula is C16H24N2O. The SMILES string of the molecule is CCNc1ccc(C(=O)NC2CCCCCC2)cc1. The van der Waals surface area contributed by atoms with E-state index in [2.05, 4.69) is 17.6 Å². The van der Waals surface area contributed by atoms with Gasteiger partial charge in [-0.3, -0.25) is 4.79 Å². The van der Waals surface area contributed by atoms with Crippen LogP contribution in [0.1, 0.15) is 55.8 Å². The molecule has 1 fully saturated rings. The van der Waals surface area contributed by atoms with Crippen molar-refractivity contribution in [1.82, 2.24) is 5.32 Å². The highest BCUT2D eigenvalue weighted by atomic mass is 16.1. The van der Waals surface area contributed by atoms with E-state index in [4.69, 9.17) is 0 Å². The maximum Gasteiger partial charge on any atom is 0.251 e. The van der Waals surface area contributed by atoms with Gasteiger partial charge in [-0.2, -0.15) is 0 Å². The highest BCUT2D eigenvalue weighted by molar-refractivity contribution is 5.94. The molecule has 1 aromatic rings. The fourth-order valence-corrected chi connectivity index (χ4v) is 2.64. The van der Waals surface area contributed by atoms with Crippen LogP contribution in [0, 0.1) is 0 Å². The zero-order valence-electron chi connectivity index (χ0n) is 11.7. The van der Waals surface area contributed by atoms with Gasteiger partial charge < -0.3 is 10.6 Å². The normalized spacial score (nSPS) is 16.7. The van der Waals surface area contributed by atoms with Crippen molar-refractivity contribution < 1.29 is 4.79 Å². The average molecular weight is 260 g/mol. The van der Waals surface area contributed by atoms with Gasteiger partial charge in [-0.1, -0.05) is 25.7 Å². The number of hydrogen-bond acceptors (Lipinski definition) is 2. The van der Waals surface area contributed by atoms with Gasteiger partial charge in [0.2, 0.25) is 0 Å². The van der Waals surface area contributed by atoms with Crippen molar-refractivity contribution in [3.8, 4) is 0 Å². The number of nitrogens with one attached hydrogen (secondary N) is 2. The molecule has 0 radical (unpaired) electrons. The first-order valence-corrected chi connectivity index (χ1v) is 7.44. The lowest BCUT2D eigenvalue weighted by atomic mass is 10.1. The molecule has 0 atom stereocenters.